The SMILES string of the molecule is CN=C(NCC(=O)N1CCCC1)NC1CC(C)(C)Oc2ccccc21. The molecular formula is C19H28N4O2. The first kappa shape index (κ1) is 17.6. The molecule has 6 nitrogen and oxygen atoms in total. The molecule has 136 valence electrons. The van der Waals surface area contributed by atoms with Gasteiger partial charge in [0.25, 0.3) is 0 Å². The van der Waals surface area contributed by atoms with Crippen LogP contribution in [-0.2, 0) is 4.79 Å². The molecule has 0 aliphatic carbocycles. The molecule has 1 saturated heterocycles. The first-order valence-corrected chi connectivity index (χ1v) is 9.01. The van der Waals surface area contributed by atoms with Crippen molar-refractivity contribution in [1.29, 1.82) is 0 Å². The molecule has 6 heteroatoms. The van der Waals surface area contributed by atoms with E-state index in [1.54, 1.807) is 7.05 Å². The number of aliphatic imine (C=N–C) groups is 1. The Morgan fingerprint density at radius 2 is 2.04 bits per heavy atom. The van der Waals surface area contributed by atoms with Crippen LogP contribution in [0.15, 0.2) is 29.3 Å². The Labute approximate surface area is 149 Å². The number of guanidine groups is 1. The van der Waals surface area contributed by atoms with E-state index in [-0.39, 0.29) is 24.1 Å². The number of carbonyl (C=O) groups is 1. The molecule has 1 aromatic carbocycles. The van der Waals surface area contributed by atoms with E-state index in [4.69, 9.17) is 4.74 Å². The minimum Gasteiger partial charge on any atom is -0.487 e. The molecule has 0 radical (unpaired) electrons. The molecule has 2 aliphatic rings. The normalized spacial score (nSPS) is 22.1. The fraction of sp³-hybridized carbons (Fsp3) is 0.579. The topological polar surface area (TPSA) is 66.0 Å². The van der Waals surface area contributed by atoms with Crippen LogP contribution in [-0.4, -0.2) is 49.0 Å². The van der Waals surface area contributed by atoms with E-state index in [1.165, 1.54) is 0 Å². The highest BCUT2D eigenvalue weighted by Gasteiger charge is 2.34. The molecule has 1 fully saturated rings. The zero-order valence-electron chi connectivity index (χ0n) is 15.3. The molecular weight excluding hydrogens is 316 g/mol. The maximum atomic E-state index is 12.2. The minimum absolute atomic E-state index is 0.0908. The predicted molar refractivity (Wildman–Crippen MR) is 98.8 cm³/mol. The molecule has 2 aliphatic heterocycles. The molecule has 0 saturated carbocycles. The largest absolute Gasteiger partial charge is 0.487 e. The summed E-state index contributed by atoms with van der Waals surface area (Å²) in [5.41, 5.74) is 0.867. The van der Waals surface area contributed by atoms with E-state index >= 15 is 0 Å². The van der Waals surface area contributed by atoms with Gasteiger partial charge in [-0.1, -0.05) is 18.2 Å². The predicted octanol–water partition coefficient (Wildman–Crippen LogP) is 2.08. The molecule has 2 heterocycles. The molecule has 0 aromatic heterocycles. The van der Waals surface area contributed by atoms with Crippen LogP contribution in [0.25, 0.3) is 0 Å². The van der Waals surface area contributed by atoms with Crippen LogP contribution in [0.1, 0.15) is 44.7 Å². The second kappa shape index (κ2) is 7.33. The van der Waals surface area contributed by atoms with Gasteiger partial charge in [-0.2, -0.15) is 0 Å². The lowest BCUT2D eigenvalue weighted by atomic mass is 9.90. The maximum absolute atomic E-state index is 12.2. The minimum atomic E-state index is -0.254. The zero-order valence-corrected chi connectivity index (χ0v) is 15.3. The number of rotatable bonds is 3. The van der Waals surface area contributed by atoms with Gasteiger partial charge in [0.05, 0.1) is 12.6 Å². The average molecular weight is 344 g/mol. The second-order valence-electron chi connectivity index (χ2n) is 7.31. The van der Waals surface area contributed by atoms with Crippen LogP contribution in [0.2, 0.25) is 0 Å². The lowest BCUT2D eigenvalue weighted by Gasteiger charge is -2.38. The highest BCUT2D eigenvalue weighted by molar-refractivity contribution is 5.86. The summed E-state index contributed by atoms with van der Waals surface area (Å²) in [5.74, 6) is 1.68. The zero-order chi connectivity index (χ0) is 17.9. The smallest absolute Gasteiger partial charge is 0.241 e. The Bertz CT molecular complexity index is 651. The molecule has 0 spiro atoms. The van der Waals surface area contributed by atoms with Crippen molar-refractivity contribution in [3.8, 4) is 5.75 Å². The highest BCUT2D eigenvalue weighted by Crippen LogP contribution is 2.39. The van der Waals surface area contributed by atoms with Gasteiger partial charge in [0.1, 0.15) is 11.4 Å². The third-order valence-corrected chi connectivity index (χ3v) is 4.78. The number of hydrogen-bond donors (Lipinski definition) is 2. The van der Waals surface area contributed by atoms with Crippen molar-refractivity contribution in [3.05, 3.63) is 29.8 Å². The van der Waals surface area contributed by atoms with Crippen LogP contribution >= 0.6 is 0 Å². The number of benzene rings is 1. The van der Waals surface area contributed by atoms with E-state index < -0.39 is 0 Å². The van der Waals surface area contributed by atoms with Gasteiger partial charge in [-0.25, -0.2) is 0 Å². The third-order valence-electron chi connectivity index (χ3n) is 4.78. The Hall–Kier alpha value is -2.24. The van der Waals surface area contributed by atoms with Crippen molar-refractivity contribution >= 4 is 11.9 Å². The van der Waals surface area contributed by atoms with Gasteiger partial charge >= 0.3 is 0 Å². The summed E-state index contributed by atoms with van der Waals surface area (Å²) in [6, 6.07) is 8.16. The van der Waals surface area contributed by atoms with E-state index in [0.29, 0.717) is 5.96 Å². The van der Waals surface area contributed by atoms with E-state index in [9.17, 15) is 4.79 Å². The summed E-state index contributed by atoms with van der Waals surface area (Å²) in [6.07, 6.45) is 3.03. The standard InChI is InChI=1S/C19H28N4O2/c1-19(2)12-15(14-8-4-5-9-16(14)25-19)22-18(20-3)21-13-17(24)23-10-6-7-11-23/h4-5,8-9,15H,6-7,10-13H2,1-3H3,(H2,20,21,22). The molecule has 1 atom stereocenters. The van der Waals surface area contributed by atoms with Crippen molar-refractivity contribution < 1.29 is 9.53 Å². The molecule has 1 unspecified atom stereocenters. The number of amides is 1. The molecule has 25 heavy (non-hydrogen) atoms. The number of likely N-dealkylation sites (tertiary alicyclic amines) is 1. The van der Waals surface area contributed by atoms with Crippen molar-refractivity contribution in [1.82, 2.24) is 15.5 Å². The van der Waals surface area contributed by atoms with Crippen LogP contribution in [0.5, 0.6) is 5.75 Å². The van der Waals surface area contributed by atoms with Gasteiger partial charge in [0, 0.05) is 32.1 Å². The monoisotopic (exact) mass is 344 g/mol. The summed E-state index contributed by atoms with van der Waals surface area (Å²) in [6.45, 7) is 6.19. The summed E-state index contributed by atoms with van der Waals surface area (Å²) in [5, 5.41) is 6.61. The van der Waals surface area contributed by atoms with Crippen LogP contribution < -0.4 is 15.4 Å². The highest BCUT2D eigenvalue weighted by atomic mass is 16.5. The first-order chi connectivity index (χ1) is 12.0. The lowest BCUT2D eigenvalue weighted by Crippen LogP contribution is -2.47. The van der Waals surface area contributed by atoms with Crippen molar-refractivity contribution in [2.75, 3.05) is 26.7 Å². The summed E-state index contributed by atoms with van der Waals surface area (Å²) < 4.78 is 6.07. The Morgan fingerprint density at radius 3 is 2.76 bits per heavy atom. The molecule has 1 aromatic rings. The fourth-order valence-electron chi connectivity index (χ4n) is 3.53. The number of nitrogens with one attached hydrogen (secondary N) is 2. The number of para-hydroxylation sites is 1. The number of fused-ring (bicyclic) bond motifs is 1. The van der Waals surface area contributed by atoms with Crippen molar-refractivity contribution in [2.45, 2.75) is 44.8 Å². The average Bonchev–Trinajstić information content (AvgIpc) is 3.11. The molecule has 2 N–H and O–H groups in total. The summed E-state index contributed by atoms with van der Waals surface area (Å²) >= 11 is 0. The van der Waals surface area contributed by atoms with Crippen molar-refractivity contribution in [2.24, 2.45) is 4.99 Å². The van der Waals surface area contributed by atoms with Gasteiger partial charge in [-0.15, -0.1) is 0 Å². The quantitative estimate of drug-likeness (QED) is 0.651. The van der Waals surface area contributed by atoms with Crippen LogP contribution in [0.3, 0.4) is 0 Å². The van der Waals surface area contributed by atoms with E-state index in [0.717, 1.165) is 43.7 Å². The Balaban J connectivity index is 1.64. The van der Waals surface area contributed by atoms with E-state index in [2.05, 4.69) is 35.5 Å². The second-order valence-corrected chi connectivity index (χ2v) is 7.31. The number of carbonyl (C=O) groups excluding carboxylic acids is 1. The van der Waals surface area contributed by atoms with Gasteiger partial charge < -0.3 is 20.3 Å². The van der Waals surface area contributed by atoms with Crippen molar-refractivity contribution in [3.63, 3.8) is 0 Å². The van der Waals surface area contributed by atoms with E-state index in [1.807, 2.05) is 23.1 Å². The summed E-state index contributed by atoms with van der Waals surface area (Å²) in [4.78, 5) is 18.4. The Kier molecular flexibility index (Phi) is 5.16. The number of ether oxygens (including phenoxy) is 1. The number of hydrogen-bond acceptors (Lipinski definition) is 3. The van der Waals surface area contributed by atoms with Gasteiger partial charge in [-0.3, -0.25) is 9.79 Å². The van der Waals surface area contributed by atoms with Gasteiger partial charge in [0.15, 0.2) is 5.96 Å². The Morgan fingerprint density at radius 1 is 1.32 bits per heavy atom. The van der Waals surface area contributed by atoms with Crippen LogP contribution in [0.4, 0.5) is 0 Å². The number of nitrogens with zero attached hydrogens (tertiary/aromatic N) is 2. The van der Waals surface area contributed by atoms with Gasteiger partial charge in [0.2, 0.25) is 5.91 Å². The molecule has 1 amide bonds. The first-order valence-electron chi connectivity index (χ1n) is 9.01. The third kappa shape index (κ3) is 4.24. The molecule has 3 rings (SSSR count). The van der Waals surface area contributed by atoms with Crippen LogP contribution in [0, 0.1) is 0 Å². The lowest BCUT2D eigenvalue weighted by molar-refractivity contribution is -0.128. The maximum Gasteiger partial charge on any atom is 0.241 e. The molecule has 0 bridgehead atoms. The summed E-state index contributed by atoms with van der Waals surface area (Å²) in [7, 11) is 1.73. The van der Waals surface area contributed by atoms with Gasteiger partial charge in [-0.05, 0) is 32.8 Å². The fourth-order valence-corrected chi connectivity index (χ4v) is 3.53.